The molecule has 0 bridgehead atoms. The summed E-state index contributed by atoms with van der Waals surface area (Å²) in [6.07, 6.45) is 0. The lowest BCUT2D eigenvalue weighted by molar-refractivity contribution is -0.113. The molecule has 0 saturated carbocycles. The van der Waals surface area contributed by atoms with Crippen molar-refractivity contribution in [3.63, 3.8) is 0 Å². The van der Waals surface area contributed by atoms with Crippen LogP contribution in [0.1, 0.15) is 0 Å². The molecule has 1 N–H and O–H groups in total. The molecule has 0 atom stereocenters. The van der Waals surface area contributed by atoms with E-state index in [1.54, 1.807) is 19.2 Å². The van der Waals surface area contributed by atoms with Crippen molar-refractivity contribution in [2.24, 2.45) is 7.05 Å². The van der Waals surface area contributed by atoms with E-state index < -0.39 is 0 Å². The van der Waals surface area contributed by atoms with Crippen LogP contribution in [0.2, 0.25) is 0 Å². The van der Waals surface area contributed by atoms with Gasteiger partial charge in [0.15, 0.2) is 5.16 Å². The molecule has 6 nitrogen and oxygen atoms in total. The number of nitrogens with zero attached hydrogens (tertiary/aromatic N) is 2. The van der Waals surface area contributed by atoms with Crippen LogP contribution in [0.5, 0.6) is 11.5 Å². The molecule has 2 aromatic heterocycles. The summed E-state index contributed by atoms with van der Waals surface area (Å²) in [6, 6.07) is 18.5. The molecule has 1 amide bonds. The van der Waals surface area contributed by atoms with Crippen molar-refractivity contribution in [2.75, 3.05) is 11.1 Å². The molecule has 4 aromatic rings. The van der Waals surface area contributed by atoms with Crippen molar-refractivity contribution in [1.82, 2.24) is 9.55 Å². The molecule has 0 aliphatic carbocycles. The molecule has 2 aromatic carbocycles. The number of carbonyl (C=O) groups is 1. The average molecular weight is 424 g/mol. The first-order valence-electron chi connectivity index (χ1n) is 8.80. The van der Waals surface area contributed by atoms with E-state index in [0.29, 0.717) is 26.8 Å². The summed E-state index contributed by atoms with van der Waals surface area (Å²) in [4.78, 5) is 29.2. The summed E-state index contributed by atoms with van der Waals surface area (Å²) in [5.41, 5.74) is 1.20. The predicted octanol–water partition coefficient (Wildman–Crippen LogP) is 4.52. The van der Waals surface area contributed by atoms with Gasteiger partial charge in [-0.3, -0.25) is 14.2 Å². The van der Waals surface area contributed by atoms with Crippen LogP contribution in [0.25, 0.3) is 10.2 Å². The normalized spacial score (nSPS) is 10.8. The number of carbonyl (C=O) groups excluding carboxylic acids is 1. The van der Waals surface area contributed by atoms with Gasteiger partial charge >= 0.3 is 0 Å². The number of benzene rings is 2. The number of aromatic nitrogens is 2. The molecule has 0 spiro atoms. The number of fused-ring (bicyclic) bond motifs is 1. The largest absolute Gasteiger partial charge is 0.457 e. The van der Waals surface area contributed by atoms with Crippen LogP contribution in [0.4, 0.5) is 5.69 Å². The molecule has 8 heteroatoms. The number of rotatable bonds is 6. The fourth-order valence-corrected chi connectivity index (χ4v) is 4.26. The monoisotopic (exact) mass is 423 g/mol. The molecule has 0 aliphatic heterocycles. The van der Waals surface area contributed by atoms with Gasteiger partial charge in [-0.15, -0.1) is 11.3 Å². The fourth-order valence-electron chi connectivity index (χ4n) is 2.69. The van der Waals surface area contributed by atoms with Gasteiger partial charge in [0, 0.05) is 18.8 Å². The van der Waals surface area contributed by atoms with Gasteiger partial charge in [-0.2, -0.15) is 0 Å². The summed E-state index contributed by atoms with van der Waals surface area (Å²) in [5, 5.41) is 5.20. The van der Waals surface area contributed by atoms with E-state index in [0.717, 1.165) is 5.75 Å². The maximum absolute atomic E-state index is 12.4. The molecular formula is C21H17N3O3S2. The minimum atomic E-state index is -0.188. The van der Waals surface area contributed by atoms with Crippen molar-refractivity contribution in [3.05, 3.63) is 76.4 Å². The lowest BCUT2D eigenvalue weighted by atomic mass is 10.3. The van der Waals surface area contributed by atoms with E-state index in [-0.39, 0.29) is 17.2 Å². The first-order chi connectivity index (χ1) is 14.1. The Morgan fingerprint density at radius 2 is 1.93 bits per heavy atom. The number of thioether (sulfide) groups is 1. The molecule has 0 unspecified atom stereocenters. The number of ether oxygens (including phenoxy) is 1. The van der Waals surface area contributed by atoms with E-state index in [1.807, 2.05) is 53.9 Å². The number of hydrogen-bond acceptors (Lipinski definition) is 6. The number of thiophene rings is 1. The van der Waals surface area contributed by atoms with E-state index >= 15 is 0 Å². The third kappa shape index (κ3) is 4.49. The number of para-hydroxylation sites is 1. The van der Waals surface area contributed by atoms with Crippen molar-refractivity contribution >= 4 is 44.9 Å². The second-order valence-corrected chi connectivity index (χ2v) is 8.03. The highest BCUT2D eigenvalue weighted by atomic mass is 32.2. The molecule has 0 fully saturated rings. The Kier molecular flexibility index (Phi) is 5.64. The highest BCUT2D eigenvalue weighted by Crippen LogP contribution is 2.24. The van der Waals surface area contributed by atoms with E-state index in [4.69, 9.17) is 4.74 Å². The predicted molar refractivity (Wildman–Crippen MR) is 117 cm³/mol. The summed E-state index contributed by atoms with van der Waals surface area (Å²) >= 11 is 2.60. The zero-order valence-electron chi connectivity index (χ0n) is 15.5. The molecule has 29 heavy (non-hydrogen) atoms. The van der Waals surface area contributed by atoms with Gasteiger partial charge in [0.2, 0.25) is 5.91 Å². The van der Waals surface area contributed by atoms with Gasteiger partial charge < -0.3 is 10.1 Å². The third-order valence-corrected chi connectivity index (χ3v) is 6.00. The van der Waals surface area contributed by atoms with Crippen LogP contribution in [-0.4, -0.2) is 21.2 Å². The maximum atomic E-state index is 12.4. The Morgan fingerprint density at radius 3 is 2.76 bits per heavy atom. The zero-order chi connectivity index (χ0) is 20.2. The van der Waals surface area contributed by atoms with Gasteiger partial charge in [-0.1, -0.05) is 36.0 Å². The average Bonchev–Trinajstić information content (AvgIpc) is 3.19. The number of nitrogens with one attached hydrogen (secondary N) is 1. The highest BCUT2D eigenvalue weighted by Gasteiger charge is 2.12. The van der Waals surface area contributed by atoms with Gasteiger partial charge in [0.1, 0.15) is 16.2 Å². The molecule has 2 heterocycles. The van der Waals surface area contributed by atoms with Crippen molar-refractivity contribution in [2.45, 2.75) is 5.16 Å². The highest BCUT2D eigenvalue weighted by molar-refractivity contribution is 7.99. The smallest absolute Gasteiger partial charge is 0.271 e. The second kappa shape index (κ2) is 8.50. The lowest BCUT2D eigenvalue weighted by Gasteiger charge is -2.10. The Bertz CT molecular complexity index is 1220. The molecule has 4 rings (SSSR count). The van der Waals surface area contributed by atoms with Gasteiger partial charge in [-0.05, 0) is 35.7 Å². The van der Waals surface area contributed by atoms with Gasteiger partial charge in [-0.25, -0.2) is 4.98 Å². The summed E-state index contributed by atoms with van der Waals surface area (Å²) < 4.78 is 7.89. The van der Waals surface area contributed by atoms with Crippen LogP contribution in [0, 0.1) is 0 Å². The Hall–Kier alpha value is -3.10. The first-order valence-corrected chi connectivity index (χ1v) is 10.7. The molecular weight excluding hydrogens is 406 g/mol. The topological polar surface area (TPSA) is 73.2 Å². The lowest BCUT2D eigenvalue weighted by Crippen LogP contribution is -2.20. The number of hydrogen-bond donors (Lipinski definition) is 1. The minimum Gasteiger partial charge on any atom is -0.457 e. The van der Waals surface area contributed by atoms with Gasteiger partial charge in [0.25, 0.3) is 5.56 Å². The Balaban J connectivity index is 1.41. The van der Waals surface area contributed by atoms with Crippen LogP contribution in [0.3, 0.4) is 0 Å². The third-order valence-electron chi connectivity index (χ3n) is 4.08. The Labute approximate surface area is 175 Å². The molecule has 0 saturated heterocycles. The summed E-state index contributed by atoms with van der Waals surface area (Å²) in [5.74, 6) is 1.31. The molecule has 0 radical (unpaired) electrons. The number of amides is 1. The van der Waals surface area contributed by atoms with Gasteiger partial charge in [0.05, 0.1) is 11.3 Å². The first kappa shape index (κ1) is 19.2. The maximum Gasteiger partial charge on any atom is 0.271 e. The van der Waals surface area contributed by atoms with Crippen LogP contribution >= 0.6 is 23.1 Å². The molecule has 146 valence electrons. The van der Waals surface area contributed by atoms with E-state index in [2.05, 4.69) is 10.3 Å². The van der Waals surface area contributed by atoms with E-state index in [9.17, 15) is 9.59 Å². The standard InChI is InChI=1S/C21H17N3O3S2/c1-24-20(26)19-17(10-11-28-19)23-21(24)29-13-18(25)22-14-6-5-9-16(12-14)27-15-7-3-2-4-8-15/h2-12H,13H2,1H3,(H,22,25). The minimum absolute atomic E-state index is 0.0985. The zero-order valence-corrected chi connectivity index (χ0v) is 17.1. The SMILES string of the molecule is Cn1c(SCC(=O)Nc2cccc(Oc3ccccc3)c2)nc2ccsc2c1=O. The van der Waals surface area contributed by atoms with Crippen molar-refractivity contribution in [3.8, 4) is 11.5 Å². The van der Waals surface area contributed by atoms with E-state index in [1.165, 1.54) is 27.7 Å². The Morgan fingerprint density at radius 1 is 1.14 bits per heavy atom. The summed E-state index contributed by atoms with van der Waals surface area (Å²) in [6.45, 7) is 0. The quantitative estimate of drug-likeness (QED) is 0.365. The second-order valence-electron chi connectivity index (χ2n) is 6.17. The van der Waals surface area contributed by atoms with Crippen LogP contribution < -0.4 is 15.6 Å². The fraction of sp³-hybridized carbons (Fsp3) is 0.0952. The van der Waals surface area contributed by atoms with Crippen LogP contribution in [-0.2, 0) is 11.8 Å². The van der Waals surface area contributed by atoms with Crippen LogP contribution in [0.15, 0.2) is 76.0 Å². The molecule has 0 aliphatic rings. The van der Waals surface area contributed by atoms with Crippen molar-refractivity contribution in [1.29, 1.82) is 0 Å². The number of anilines is 1. The summed E-state index contributed by atoms with van der Waals surface area (Å²) in [7, 11) is 1.67. The van der Waals surface area contributed by atoms with Crippen molar-refractivity contribution < 1.29 is 9.53 Å².